The van der Waals surface area contributed by atoms with Gasteiger partial charge in [0.2, 0.25) is 0 Å². The fraction of sp³-hybridized carbons (Fsp3) is 1.00. The molecule has 3 heteroatoms. The van der Waals surface area contributed by atoms with Gasteiger partial charge in [0.1, 0.15) is 0 Å². The fourth-order valence-electron chi connectivity index (χ4n) is 1.96. The van der Waals surface area contributed by atoms with Crippen molar-refractivity contribution in [2.24, 2.45) is 0 Å². The largest absolute Gasteiger partial charge is 0.317 e. The third kappa shape index (κ3) is 9.57. The maximum Gasteiger partial charge on any atom is 0.0112 e. The summed E-state index contributed by atoms with van der Waals surface area (Å²) in [5.41, 5.74) is 0. The van der Waals surface area contributed by atoms with Gasteiger partial charge in [-0.05, 0) is 59.9 Å². The summed E-state index contributed by atoms with van der Waals surface area (Å²) >= 11 is 0. The molecule has 0 saturated heterocycles. The summed E-state index contributed by atoms with van der Waals surface area (Å²) in [6, 6.07) is 0.694. The van der Waals surface area contributed by atoms with Crippen LogP contribution >= 0.6 is 0 Å². The van der Waals surface area contributed by atoms with Crippen LogP contribution in [-0.4, -0.2) is 62.7 Å². The van der Waals surface area contributed by atoms with Gasteiger partial charge in [-0.25, -0.2) is 0 Å². The number of nitrogens with zero attached hydrogens (tertiary/aromatic N) is 2. The van der Waals surface area contributed by atoms with E-state index in [1.54, 1.807) is 0 Å². The standard InChI is InChI=1S/C14H33N3/c1-6-9-15-10-8-14(3)17(11-7-2)13-12-16(4)5/h14-15H,6-13H2,1-5H3. The Bertz CT molecular complexity index is 160. The van der Waals surface area contributed by atoms with Crippen molar-refractivity contribution in [3.05, 3.63) is 0 Å². The highest BCUT2D eigenvalue weighted by Gasteiger charge is 2.12. The molecule has 0 radical (unpaired) electrons. The number of hydrogen-bond donors (Lipinski definition) is 1. The SMILES string of the molecule is CCCNCCC(C)N(CCC)CCN(C)C. The van der Waals surface area contributed by atoms with E-state index >= 15 is 0 Å². The number of rotatable bonds is 11. The monoisotopic (exact) mass is 243 g/mol. The zero-order chi connectivity index (χ0) is 13.1. The summed E-state index contributed by atoms with van der Waals surface area (Å²) < 4.78 is 0. The van der Waals surface area contributed by atoms with Gasteiger partial charge in [-0.2, -0.15) is 0 Å². The van der Waals surface area contributed by atoms with Crippen LogP contribution in [0.1, 0.15) is 40.0 Å². The first-order valence-corrected chi connectivity index (χ1v) is 7.21. The normalized spacial score (nSPS) is 13.6. The molecule has 0 bridgehead atoms. The highest BCUT2D eigenvalue weighted by Crippen LogP contribution is 2.04. The predicted molar refractivity (Wildman–Crippen MR) is 77.7 cm³/mol. The molecule has 0 aliphatic carbocycles. The van der Waals surface area contributed by atoms with Crippen molar-refractivity contribution in [1.82, 2.24) is 15.1 Å². The Morgan fingerprint density at radius 3 is 2.18 bits per heavy atom. The van der Waals surface area contributed by atoms with Crippen molar-refractivity contribution in [2.75, 3.05) is 46.8 Å². The molecule has 0 fully saturated rings. The third-order valence-electron chi connectivity index (χ3n) is 3.13. The van der Waals surface area contributed by atoms with E-state index in [0.717, 1.165) is 19.6 Å². The topological polar surface area (TPSA) is 18.5 Å². The molecule has 1 atom stereocenters. The predicted octanol–water partition coefficient (Wildman–Crippen LogP) is 2.04. The van der Waals surface area contributed by atoms with Gasteiger partial charge in [-0.1, -0.05) is 13.8 Å². The Morgan fingerprint density at radius 2 is 1.65 bits per heavy atom. The second kappa shape index (κ2) is 11.0. The Labute approximate surface area is 109 Å². The van der Waals surface area contributed by atoms with Crippen molar-refractivity contribution in [3.63, 3.8) is 0 Å². The average molecular weight is 243 g/mol. The van der Waals surface area contributed by atoms with E-state index < -0.39 is 0 Å². The Kier molecular flexibility index (Phi) is 10.9. The summed E-state index contributed by atoms with van der Waals surface area (Å²) in [7, 11) is 4.30. The maximum atomic E-state index is 3.49. The molecular formula is C14H33N3. The maximum absolute atomic E-state index is 3.49. The van der Waals surface area contributed by atoms with Crippen LogP contribution in [0.3, 0.4) is 0 Å². The highest BCUT2D eigenvalue weighted by molar-refractivity contribution is 4.69. The molecule has 0 heterocycles. The molecule has 3 nitrogen and oxygen atoms in total. The lowest BCUT2D eigenvalue weighted by Gasteiger charge is -2.30. The lowest BCUT2D eigenvalue weighted by Crippen LogP contribution is -2.40. The molecule has 0 aliphatic rings. The van der Waals surface area contributed by atoms with E-state index in [4.69, 9.17) is 0 Å². The van der Waals surface area contributed by atoms with E-state index in [9.17, 15) is 0 Å². The highest BCUT2D eigenvalue weighted by atomic mass is 15.2. The van der Waals surface area contributed by atoms with E-state index in [2.05, 4.69) is 50.0 Å². The van der Waals surface area contributed by atoms with Gasteiger partial charge >= 0.3 is 0 Å². The third-order valence-corrected chi connectivity index (χ3v) is 3.13. The number of nitrogens with one attached hydrogen (secondary N) is 1. The van der Waals surface area contributed by atoms with Gasteiger partial charge in [-0.3, -0.25) is 4.90 Å². The van der Waals surface area contributed by atoms with Gasteiger partial charge < -0.3 is 10.2 Å². The first-order chi connectivity index (χ1) is 8.11. The zero-order valence-corrected chi connectivity index (χ0v) is 12.6. The molecule has 0 aliphatic heterocycles. The molecule has 0 amide bonds. The Morgan fingerprint density at radius 1 is 0.941 bits per heavy atom. The molecular weight excluding hydrogens is 210 g/mol. The molecule has 1 N–H and O–H groups in total. The van der Waals surface area contributed by atoms with E-state index in [1.165, 1.54) is 32.4 Å². The smallest absolute Gasteiger partial charge is 0.0112 e. The Balaban J connectivity index is 3.83. The molecule has 1 unspecified atom stereocenters. The summed E-state index contributed by atoms with van der Waals surface area (Å²) in [4.78, 5) is 4.89. The summed E-state index contributed by atoms with van der Waals surface area (Å²) in [6.45, 7) is 12.7. The quantitative estimate of drug-likeness (QED) is 0.560. The lowest BCUT2D eigenvalue weighted by molar-refractivity contribution is 0.181. The minimum atomic E-state index is 0.694. The van der Waals surface area contributed by atoms with Crippen LogP contribution in [0.4, 0.5) is 0 Å². The van der Waals surface area contributed by atoms with Crippen LogP contribution in [0.2, 0.25) is 0 Å². The average Bonchev–Trinajstić information content (AvgIpc) is 2.29. The van der Waals surface area contributed by atoms with E-state index in [1.807, 2.05) is 0 Å². The van der Waals surface area contributed by atoms with Gasteiger partial charge in [-0.15, -0.1) is 0 Å². The molecule has 0 saturated carbocycles. The van der Waals surface area contributed by atoms with Gasteiger partial charge in [0.15, 0.2) is 0 Å². The minimum Gasteiger partial charge on any atom is -0.317 e. The molecule has 0 aromatic rings. The van der Waals surface area contributed by atoms with E-state index in [0.29, 0.717) is 6.04 Å². The summed E-state index contributed by atoms with van der Waals surface area (Å²) in [6.07, 6.45) is 3.74. The summed E-state index contributed by atoms with van der Waals surface area (Å²) in [5, 5.41) is 3.49. The number of hydrogen-bond acceptors (Lipinski definition) is 3. The fourth-order valence-corrected chi connectivity index (χ4v) is 1.96. The van der Waals surface area contributed by atoms with Crippen LogP contribution < -0.4 is 5.32 Å². The Hall–Kier alpha value is -0.120. The van der Waals surface area contributed by atoms with Crippen LogP contribution in [0.25, 0.3) is 0 Å². The summed E-state index contributed by atoms with van der Waals surface area (Å²) in [5.74, 6) is 0. The van der Waals surface area contributed by atoms with Crippen molar-refractivity contribution < 1.29 is 0 Å². The van der Waals surface area contributed by atoms with Crippen LogP contribution in [0.5, 0.6) is 0 Å². The minimum absolute atomic E-state index is 0.694. The van der Waals surface area contributed by atoms with Crippen molar-refractivity contribution >= 4 is 0 Å². The second-order valence-electron chi connectivity index (χ2n) is 5.23. The van der Waals surface area contributed by atoms with Gasteiger partial charge in [0, 0.05) is 19.1 Å². The van der Waals surface area contributed by atoms with Gasteiger partial charge in [0.05, 0.1) is 0 Å². The molecule has 0 rings (SSSR count). The number of likely N-dealkylation sites (N-methyl/N-ethyl adjacent to an activating group) is 1. The molecule has 0 aromatic carbocycles. The van der Waals surface area contributed by atoms with Crippen molar-refractivity contribution in [2.45, 2.75) is 46.1 Å². The molecule has 0 aromatic heterocycles. The van der Waals surface area contributed by atoms with Crippen molar-refractivity contribution in [3.8, 4) is 0 Å². The van der Waals surface area contributed by atoms with Gasteiger partial charge in [0.25, 0.3) is 0 Å². The zero-order valence-electron chi connectivity index (χ0n) is 12.6. The molecule has 17 heavy (non-hydrogen) atoms. The molecule has 104 valence electrons. The van der Waals surface area contributed by atoms with Crippen LogP contribution in [-0.2, 0) is 0 Å². The van der Waals surface area contributed by atoms with Crippen LogP contribution in [0.15, 0.2) is 0 Å². The molecule has 0 spiro atoms. The lowest BCUT2D eigenvalue weighted by atomic mass is 10.2. The van der Waals surface area contributed by atoms with Crippen LogP contribution in [0, 0.1) is 0 Å². The van der Waals surface area contributed by atoms with Crippen molar-refractivity contribution in [1.29, 1.82) is 0 Å². The first kappa shape index (κ1) is 16.9. The van der Waals surface area contributed by atoms with E-state index in [-0.39, 0.29) is 0 Å². The second-order valence-corrected chi connectivity index (χ2v) is 5.23. The first-order valence-electron chi connectivity index (χ1n) is 7.21.